The van der Waals surface area contributed by atoms with Gasteiger partial charge in [0.25, 0.3) is 0 Å². The summed E-state index contributed by atoms with van der Waals surface area (Å²) in [6, 6.07) is 9.61. The van der Waals surface area contributed by atoms with E-state index >= 15 is 0 Å². The van der Waals surface area contributed by atoms with E-state index in [2.05, 4.69) is 28.2 Å². The second-order valence-electron chi connectivity index (χ2n) is 4.13. The van der Waals surface area contributed by atoms with Gasteiger partial charge in [-0.15, -0.1) is 11.3 Å². The molecule has 1 aromatic carbocycles. The van der Waals surface area contributed by atoms with Crippen LogP contribution in [0.4, 0.5) is 5.69 Å². The van der Waals surface area contributed by atoms with Gasteiger partial charge in [0, 0.05) is 14.2 Å². The summed E-state index contributed by atoms with van der Waals surface area (Å²) in [6.07, 6.45) is 0. The first kappa shape index (κ1) is 14.4. The van der Waals surface area contributed by atoms with E-state index in [0.717, 1.165) is 20.8 Å². The van der Waals surface area contributed by atoms with Gasteiger partial charge >= 0.3 is 0 Å². The number of hydrogen-bond acceptors (Lipinski definition) is 4. The maximum atomic E-state index is 9.59. The van der Waals surface area contributed by atoms with Crippen LogP contribution in [-0.2, 0) is 0 Å². The van der Waals surface area contributed by atoms with Crippen molar-refractivity contribution in [3.8, 4) is 5.75 Å². The van der Waals surface area contributed by atoms with Crippen LogP contribution in [0.1, 0.15) is 15.8 Å². The lowest BCUT2D eigenvalue weighted by Gasteiger charge is -2.18. The normalized spacial score (nSPS) is 12.2. The van der Waals surface area contributed by atoms with Crippen LogP contribution in [0.15, 0.2) is 34.8 Å². The minimum Gasteiger partial charge on any atom is -0.495 e. The number of para-hydroxylation sites is 2. The molecule has 1 heterocycles. The molecular weight excluding hydrogens is 326 g/mol. The molecule has 5 heteroatoms. The van der Waals surface area contributed by atoms with E-state index in [1.54, 1.807) is 18.4 Å². The Morgan fingerprint density at radius 3 is 2.74 bits per heavy atom. The molecule has 1 aromatic heterocycles. The van der Waals surface area contributed by atoms with Gasteiger partial charge in [0.05, 0.1) is 25.4 Å². The molecule has 0 radical (unpaired) electrons. The van der Waals surface area contributed by atoms with Crippen molar-refractivity contribution in [1.29, 1.82) is 0 Å². The molecule has 0 amide bonds. The standard InChI is InChI=1S/C14H16BrNO2S/c1-9-10(15)7-14(19-9)12(8-17)16-11-5-3-4-6-13(11)18-2/h3-7,12,16-17H,8H2,1-2H3. The second kappa shape index (κ2) is 6.41. The fourth-order valence-corrected chi connectivity index (χ4v) is 3.42. The number of hydrogen-bond donors (Lipinski definition) is 2. The van der Waals surface area contributed by atoms with Crippen LogP contribution >= 0.6 is 27.3 Å². The lowest BCUT2D eigenvalue weighted by Crippen LogP contribution is -2.14. The molecule has 2 rings (SSSR count). The number of halogens is 1. The van der Waals surface area contributed by atoms with Gasteiger partial charge in [-0.1, -0.05) is 12.1 Å². The van der Waals surface area contributed by atoms with Gasteiger partial charge in [-0.05, 0) is 41.1 Å². The summed E-state index contributed by atoms with van der Waals surface area (Å²) in [6.45, 7) is 2.08. The van der Waals surface area contributed by atoms with Crippen LogP contribution in [0.2, 0.25) is 0 Å². The molecule has 1 atom stereocenters. The molecule has 0 saturated carbocycles. The van der Waals surface area contributed by atoms with Crippen molar-refractivity contribution in [3.63, 3.8) is 0 Å². The van der Waals surface area contributed by atoms with E-state index in [-0.39, 0.29) is 12.6 Å². The number of benzene rings is 1. The second-order valence-corrected chi connectivity index (χ2v) is 6.27. The molecule has 19 heavy (non-hydrogen) atoms. The summed E-state index contributed by atoms with van der Waals surface area (Å²) in [5, 5.41) is 12.9. The molecule has 0 saturated heterocycles. The molecule has 102 valence electrons. The van der Waals surface area contributed by atoms with E-state index in [9.17, 15) is 5.11 Å². The SMILES string of the molecule is COc1ccccc1NC(CO)c1cc(Br)c(C)s1. The number of rotatable bonds is 5. The maximum absolute atomic E-state index is 9.59. The average molecular weight is 342 g/mol. The average Bonchev–Trinajstić information content (AvgIpc) is 2.76. The van der Waals surface area contributed by atoms with E-state index < -0.39 is 0 Å². The smallest absolute Gasteiger partial charge is 0.141 e. The molecule has 0 aliphatic rings. The van der Waals surface area contributed by atoms with E-state index in [4.69, 9.17) is 4.74 Å². The number of thiophene rings is 1. The summed E-state index contributed by atoms with van der Waals surface area (Å²) < 4.78 is 6.38. The highest BCUT2D eigenvalue weighted by molar-refractivity contribution is 9.10. The first-order valence-corrected chi connectivity index (χ1v) is 7.53. The zero-order valence-electron chi connectivity index (χ0n) is 10.8. The van der Waals surface area contributed by atoms with Gasteiger partial charge < -0.3 is 15.2 Å². The predicted octanol–water partition coefficient (Wildman–Crippen LogP) is 3.97. The Kier molecular flexibility index (Phi) is 4.85. The highest BCUT2D eigenvalue weighted by Gasteiger charge is 2.15. The zero-order valence-corrected chi connectivity index (χ0v) is 13.2. The highest BCUT2D eigenvalue weighted by atomic mass is 79.9. The van der Waals surface area contributed by atoms with Crippen LogP contribution in [0, 0.1) is 6.92 Å². The summed E-state index contributed by atoms with van der Waals surface area (Å²) in [4.78, 5) is 2.30. The van der Waals surface area contributed by atoms with Crippen LogP contribution in [0.25, 0.3) is 0 Å². The third kappa shape index (κ3) is 3.29. The predicted molar refractivity (Wildman–Crippen MR) is 83.2 cm³/mol. The Morgan fingerprint density at radius 2 is 2.16 bits per heavy atom. The lowest BCUT2D eigenvalue weighted by molar-refractivity contribution is 0.277. The van der Waals surface area contributed by atoms with Gasteiger partial charge in [0.2, 0.25) is 0 Å². The number of aliphatic hydroxyl groups excluding tert-OH is 1. The molecule has 0 aliphatic carbocycles. The summed E-state index contributed by atoms with van der Waals surface area (Å²) in [7, 11) is 1.64. The Balaban J connectivity index is 2.23. The van der Waals surface area contributed by atoms with Crippen LogP contribution in [0.3, 0.4) is 0 Å². The van der Waals surface area contributed by atoms with Crippen molar-refractivity contribution >= 4 is 33.0 Å². The maximum Gasteiger partial charge on any atom is 0.141 e. The quantitative estimate of drug-likeness (QED) is 0.864. The molecule has 0 bridgehead atoms. The van der Waals surface area contributed by atoms with Gasteiger partial charge in [-0.25, -0.2) is 0 Å². The van der Waals surface area contributed by atoms with E-state index in [0.29, 0.717) is 0 Å². The number of aryl methyl sites for hydroxylation is 1. The molecular formula is C14H16BrNO2S. The number of nitrogens with one attached hydrogen (secondary N) is 1. The molecule has 1 unspecified atom stereocenters. The van der Waals surface area contributed by atoms with Crippen molar-refractivity contribution in [3.05, 3.63) is 44.6 Å². The summed E-state index contributed by atoms with van der Waals surface area (Å²) in [5.41, 5.74) is 0.881. The van der Waals surface area contributed by atoms with E-state index in [1.165, 1.54) is 4.88 Å². The Bertz CT molecular complexity index is 537. The Labute approximate surface area is 125 Å². The first-order chi connectivity index (χ1) is 9.15. The number of ether oxygens (including phenoxy) is 1. The fourth-order valence-electron chi connectivity index (χ4n) is 1.81. The summed E-state index contributed by atoms with van der Waals surface area (Å²) in [5.74, 6) is 0.772. The summed E-state index contributed by atoms with van der Waals surface area (Å²) >= 11 is 5.17. The number of anilines is 1. The number of aliphatic hydroxyl groups is 1. The molecule has 2 N–H and O–H groups in total. The van der Waals surface area contributed by atoms with Gasteiger partial charge in [0.1, 0.15) is 5.75 Å². The van der Waals surface area contributed by atoms with Crippen LogP contribution in [-0.4, -0.2) is 18.8 Å². The minimum atomic E-state index is -0.133. The first-order valence-electron chi connectivity index (χ1n) is 5.92. The number of methoxy groups -OCH3 is 1. The highest BCUT2D eigenvalue weighted by Crippen LogP contribution is 2.34. The van der Waals surface area contributed by atoms with E-state index in [1.807, 2.05) is 30.3 Å². The van der Waals surface area contributed by atoms with Crippen molar-refractivity contribution < 1.29 is 9.84 Å². The molecule has 3 nitrogen and oxygen atoms in total. The largest absolute Gasteiger partial charge is 0.495 e. The third-order valence-electron chi connectivity index (χ3n) is 2.84. The van der Waals surface area contributed by atoms with Gasteiger partial charge in [-0.2, -0.15) is 0 Å². The topological polar surface area (TPSA) is 41.5 Å². The van der Waals surface area contributed by atoms with Crippen molar-refractivity contribution in [2.45, 2.75) is 13.0 Å². The van der Waals surface area contributed by atoms with Crippen LogP contribution < -0.4 is 10.1 Å². The molecule has 0 spiro atoms. The van der Waals surface area contributed by atoms with Gasteiger partial charge in [0.15, 0.2) is 0 Å². The third-order valence-corrected chi connectivity index (χ3v) is 5.09. The van der Waals surface area contributed by atoms with Crippen molar-refractivity contribution in [2.24, 2.45) is 0 Å². The molecule has 0 aliphatic heterocycles. The fraction of sp³-hybridized carbons (Fsp3) is 0.286. The lowest BCUT2D eigenvalue weighted by atomic mass is 10.2. The monoisotopic (exact) mass is 341 g/mol. The minimum absolute atomic E-state index is 0.0322. The molecule has 2 aromatic rings. The molecule has 0 fully saturated rings. The van der Waals surface area contributed by atoms with Crippen LogP contribution in [0.5, 0.6) is 5.75 Å². The van der Waals surface area contributed by atoms with Gasteiger partial charge in [-0.3, -0.25) is 0 Å². The Morgan fingerprint density at radius 1 is 1.42 bits per heavy atom. The zero-order chi connectivity index (χ0) is 13.8. The Hall–Kier alpha value is -1.04. The van der Waals surface area contributed by atoms with Crippen molar-refractivity contribution in [1.82, 2.24) is 0 Å². The van der Waals surface area contributed by atoms with Crippen molar-refractivity contribution in [2.75, 3.05) is 19.0 Å².